The maximum Gasteiger partial charge on any atom is 0.165 e. The van der Waals surface area contributed by atoms with Gasteiger partial charge in [-0.3, -0.25) is 0 Å². The number of ether oxygens (including phenoxy) is 1. The lowest BCUT2D eigenvalue weighted by atomic mass is 10.3. The van der Waals surface area contributed by atoms with E-state index in [1.165, 1.54) is 6.07 Å². The Kier molecular flexibility index (Phi) is 4.76. The molecule has 14 heavy (non-hydrogen) atoms. The molecule has 1 rings (SSSR count). The predicted molar refractivity (Wildman–Crippen MR) is 55.9 cm³/mol. The fourth-order valence-electron chi connectivity index (χ4n) is 1.11. The lowest BCUT2D eigenvalue weighted by Crippen LogP contribution is -1.98. The first kappa shape index (κ1) is 10.8. The van der Waals surface area contributed by atoms with Crippen molar-refractivity contribution in [3.63, 3.8) is 0 Å². The Labute approximate surface area is 84.2 Å². The lowest BCUT2D eigenvalue weighted by molar-refractivity contribution is 0.296. The second-order valence-electron chi connectivity index (χ2n) is 2.99. The molecule has 0 N–H and O–H groups in total. The van der Waals surface area contributed by atoms with Crippen molar-refractivity contribution in [2.24, 2.45) is 0 Å². The highest BCUT2D eigenvalue weighted by Gasteiger charge is 1.99. The smallest absolute Gasteiger partial charge is 0.165 e. The van der Waals surface area contributed by atoms with E-state index in [0.29, 0.717) is 12.4 Å². The van der Waals surface area contributed by atoms with Crippen LogP contribution in [0.5, 0.6) is 5.75 Å². The predicted octanol–water partition coefficient (Wildman–Crippen LogP) is 3.56. The third kappa shape index (κ3) is 3.60. The van der Waals surface area contributed by atoms with Gasteiger partial charge in [0.25, 0.3) is 0 Å². The first-order valence-electron chi connectivity index (χ1n) is 4.83. The molecule has 0 saturated carbocycles. The van der Waals surface area contributed by atoms with Crippen molar-refractivity contribution in [2.45, 2.75) is 19.8 Å². The van der Waals surface area contributed by atoms with Gasteiger partial charge in [-0.25, -0.2) is 4.39 Å². The molecule has 0 radical (unpaired) electrons. The highest BCUT2D eigenvalue weighted by atomic mass is 19.1. The molecule has 0 atom stereocenters. The standard InChI is InChI=1S/C12H15FO/c1-2-3-4-7-10-14-12-9-6-5-8-11(12)13/h2-3,5-6,8-9H,4,7,10H2,1H3. The van der Waals surface area contributed by atoms with Crippen LogP contribution in [0.3, 0.4) is 0 Å². The second kappa shape index (κ2) is 6.19. The summed E-state index contributed by atoms with van der Waals surface area (Å²) in [5.74, 6) is 0.0477. The lowest BCUT2D eigenvalue weighted by Gasteiger charge is -2.05. The topological polar surface area (TPSA) is 9.23 Å². The Bertz CT molecular complexity index is 294. The van der Waals surface area contributed by atoms with E-state index in [2.05, 4.69) is 6.08 Å². The van der Waals surface area contributed by atoms with E-state index in [4.69, 9.17) is 4.74 Å². The highest BCUT2D eigenvalue weighted by molar-refractivity contribution is 5.23. The zero-order valence-electron chi connectivity index (χ0n) is 8.37. The Hall–Kier alpha value is -1.31. The summed E-state index contributed by atoms with van der Waals surface area (Å²) in [4.78, 5) is 0. The minimum atomic E-state index is -0.293. The third-order valence-electron chi connectivity index (χ3n) is 1.85. The minimum Gasteiger partial charge on any atom is -0.491 e. The van der Waals surface area contributed by atoms with Gasteiger partial charge in [-0.05, 0) is 31.9 Å². The highest BCUT2D eigenvalue weighted by Crippen LogP contribution is 2.15. The van der Waals surface area contributed by atoms with Crippen LogP contribution in [0.1, 0.15) is 19.8 Å². The molecule has 0 aliphatic heterocycles. The third-order valence-corrected chi connectivity index (χ3v) is 1.85. The fourth-order valence-corrected chi connectivity index (χ4v) is 1.11. The van der Waals surface area contributed by atoms with Crippen LogP contribution in [0.4, 0.5) is 4.39 Å². The number of hydrogen-bond acceptors (Lipinski definition) is 1. The van der Waals surface area contributed by atoms with Gasteiger partial charge >= 0.3 is 0 Å². The molecule has 0 heterocycles. The largest absolute Gasteiger partial charge is 0.491 e. The molecule has 0 unspecified atom stereocenters. The van der Waals surface area contributed by atoms with Gasteiger partial charge in [-0.15, -0.1) is 0 Å². The Morgan fingerprint density at radius 1 is 1.36 bits per heavy atom. The molecular weight excluding hydrogens is 179 g/mol. The zero-order valence-corrected chi connectivity index (χ0v) is 8.37. The molecule has 1 nitrogen and oxygen atoms in total. The van der Waals surface area contributed by atoms with E-state index < -0.39 is 0 Å². The summed E-state index contributed by atoms with van der Waals surface area (Å²) < 4.78 is 18.3. The Morgan fingerprint density at radius 3 is 2.86 bits per heavy atom. The van der Waals surface area contributed by atoms with E-state index in [0.717, 1.165) is 12.8 Å². The van der Waals surface area contributed by atoms with E-state index >= 15 is 0 Å². The molecule has 0 aliphatic carbocycles. The number of halogens is 1. The summed E-state index contributed by atoms with van der Waals surface area (Å²) >= 11 is 0. The van der Waals surface area contributed by atoms with Gasteiger partial charge in [-0.1, -0.05) is 24.3 Å². The monoisotopic (exact) mass is 194 g/mol. The van der Waals surface area contributed by atoms with Gasteiger partial charge in [-0.2, -0.15) is 0 Å². The van der Waals surface area contributed by atoms with Crippen LogP contribution < -0.4 is 4.74 Å². The summed E-state index contributed by atoms with van der Waals surface area (Å²) in [5.41, 5.74) is 0. The first-order chi connectivity index (χ1) is 6.84. The van der Waals surface area contributed by atoms with Crippen molar-refractivity contribution in [1.29, 1.82) is 0 Å². The normalized spacial score (nSPS) is 10.7. The van der Waals surface area contributed by atoms with Crippen LogP contribution in [0.2, 0.25) is 0 Å². The van der Waals surface area contributed by atoms with Crippen molar-refractivity contribution in [1.82, 2.24) is 0 Å². The number of hydrogen-bond donors (Lipinski definition) is 0. The van der Waals surface area contributed by atoms with Crippen molar-refractivity contribution in [2.75, 3.05) is 6.61 Å². The molecule has 0 aliphatic rings. The van der Waals surface area contributed by atoms with Crippen LogP contribution in [0, 0.1) is 5.82 Å². The molecule has 0 bridgehead atoms. The average molecular weight is 194 g/mol. The molecule has 0 amide bonds. The molecule has 1 aromatic carbocycles. The molecular formula is C12H15FO. The summed E-state index contributed by atoms with van der Waals surface area (Å²) in [5, 5.41) is 0. The van der Waals surface area contributed by atoms with Crippen molar-refractivity contribution in [3.8, 4) is 5.75 Å². The Balaban J connectivity index is 2.28. The van der Waals surface area contributed by atoms with Crippen LogP contribution >= 0.6 is 0 Å². The van der Waals surface area contributed by atoms with Gasteiger partial charge in [0.05, 0.1) is 6.61 Å². The molecule has 76 valence electrons. The maximum absolute atomic E-state index is 13.0. The van der Waals surface area contributed by atoms with Crippen molar-refractivity contribution in [3.05, 3.63) is 42.2 Å². The van der Waals surface area contributed by atoms with E-state index in [-0.39, 0.29) is 5.82 Å². The van der Waals surface area contributed by atoms with Crippen molar-refractivity contribution >= 4 is 0 Å². The average Bonchev–Trinajstić information content (AvgIpc) is 2.20. The van der Waals surface area contributed by atoms with Crippen LogP contribution in [0.15, 0.2) is 36.4 Å². The molecule has 0 saturated heterocycles. The number of allylic oxidation sites excluding steroid dienone is 2. The van der Waals surface area contributed by atoms with Gasteiger partial charge in [0.15, 0.2) is 11.6 Å². The van der Waals surface area contributed by atoms with Gasteiger partial charge in [0.2, 0.25) is 0 Å². The van der Waals surface area contributed by atoms with E-state index in [1.807, 2.05) is 13.0 Å². The molecule has 1 aromatic rings. The SMILES string of the molecule is CC=CCCCOc1ccccc1F. The van der Waals surface area contributed by atoms with Crippen molar-refractivity contribution < 1.29 is 9.13 Å². The minimum absolute atomic E-state index is 0.293. The van der Waals surface area contributed by atoms with Crippen LogP contribution in [-0.4, -0.2) is 6.61 Å². The van der Waals surface area contributed by atoms with Crippen LogP contribution in [-0.2, 0) is 0 Å². The van der Waals surface area contributed by atoms with Gasteiger partial charge in [0.1, 0.15) is 0 Å². The molecule has 0 fully saturated rings. The van der Waals surface area contributed by atoms with Crippen LogP contribution in [0.25, 0.3) is 0 Å². The number of unbranched alkanes of at least 4 members (excludes halogenated alkanes) is 1. The number of para-hydroxylation sites is 1. The fraction of sp³-hybridized carbons (Fsp3) is 0.333. The quantitative estimate of drug-likeness (QED) is 0.514. The summed E-state index contributed by atoms with van der Waals surface area (Å²) in [7, 11) is 0. The first-order valence-corrected chi connectivity index (χ1v) is 4.83. The Morgan fingerprint density at radius 2 is 2.14 bits per heavy atom. The molecule has 2 heteroatoms. The van der Waals surface area contributed by atoms with E-state index in [1.54, 1.807) is 18.2 Å². The number of benzene rings is 1. The maximum atomic E-state index is 13.0. The molecule has 0 spiro atoms. The van der Waals surface area contributed by atoms with Gasteiger partial charge in [0, 0.05) is 0 Å². The van der Waals surface area contributed by atoms with E-state index in [9.17, 15) is 4.39 Å². The summed E-state index contributed by atoms with van der Waals surface area (Å²) in [6.07, 6.45) is 5.97. The second-order valence-corrected chi connectivity index (χ2v) is 2.99. The zero-order chi connectivity index (χ0) is 10.2. The molecule has 0 aromatic heterocycles. The number of rotatable bonds is 5. The van der Waals surface area contributed by atoms with Gasteiger partial charge < -0.3 is 4.74 Å². The summed E-state index contributed by atoms with van der Waals surface area (Å²) in [6, 6.07) is 6.47. The summed E-state index contributed by atoms with van der Waals surface area (Å²) in [6.45, 7) is 2.54.